The first-order valence-electron chi connectivity index (χ1n) is 7.26. The zero-order valence-electron chi connectivity index (χ0n) is 12.0. The topological polar surface area (TPSA) is 44.4 Å². The first kappa shape index (κ1) is 13.7. The van der Waals surface area contributed by atoms with Crippen LogP contribution in [0.2, 0.25) is 0 Å². The number of amides is 2. The molecular weight excluding hydrogens is 226 g/mol. The predicted octanol–water partition coefficient (Wildman–Crippen LogP) is 1.96. The highest BCUT2D eigenvalue weighted by Crippen LogP contribution is 2.25. The summed E-state index contributed by atoms with van der Waals surface area (Å²) in [5, 5.41) is 6.63. The normalized spacial score (nSPS) is 26.4. The van der Waals surface area contributed by atoms with Gasteiger partial charge in [-0.05, 0) is 58.9 Å². The molecule has 2 N–H and O–H groups in total. The molecule has 0 aromatic carbocycles. The average Bonchev–Trinajstić information content (AvgIpc) is 2.80. The van der Waals surface area contributed by atoms with Crippen molar-refractivity contribution in [3.8, 4) is 0 Å². The van der Waals surface area contributed by atoms with Gasteiger partial charge in [0.05, 0.1) is 0 Å². The minimum atomic E-state index is -0.138. The molecule has 104 valence electrons. The van der Waals surface area contributed by atoms with Crippen molar-refractivity contribution >= 4 is 6.03 Å². The lowest BCUT2D eigenvalue weighted by Crippen LogP contribution is -2.51. The lowest BCUT2D eigenvalue weighted by Gasteiger charge is -2.36. The highest BCUT2D eigenvalue weighted by Gasteiger charge is 2.30. The van der Waals surface area contributed by atoms with E-state index in [0.29, 0.717) is 6.04 Å². The zero-order chi connectivity index (χ0) is 13.2. The summed E-state index contributed by atoms with van der Waals surface area (Å²) in [5.41, 5.74) is -0.138. The Morgan fingerprint density at radius 1 is 1.22 bits per heavy atom. The second kappa shape index (κ2) is 5.47. The Balaban J connectivity index is 1.77. The monoisotopic (exact) mass is 253 g/mol. The molecule has 0 aliphatic carbocycles. The summed E-state index contributed by atoms with van der Waals surface area (Å²) in [6.45, 7) is 9.07. The van der Waals surface area contributed by atoms with Crippen molar-refractivity contribution in [3.05, 3.63) is 0 Å². The Hall–Kier alpha value is -0.770. The van der Waals surface area contributed by atoms with Crippen LogP contribution in [0.3, 0.4) is 0 Å². The van der Waals surface area contributed by atoms with Gasteiger partial charge in [0.25, 0.3) is 0 Å². The van der Waals surface area contributed by atoms with Crippen molar-refractivity contribution < 1.29 is 4.79 Å². The van der Waals surface area contributed by atoms with E-state index in [9.17, 15) is 4.79 Å². The van der Waals surface area contributed by atoms with Crippen molar-refractivity contribution in [2.45, 2.75) is 58.0 Å². The van der Waals surface area contributed by atoms with Crippen molar-refractivity contribution in [2.75, 3.05) is 19.6 Å². The second-order valence-corrected chi connectivity index (χ2v) is 6.71. The molecule has 4 nitrogen and oxygen atoms in total. The van der Waals surface area contributed by atoms with Crippen molar-refractivity contribution in [1.29, 1.82) is 0 Å². The number of nitrogens with zero attached hydrogens (tertiary/aromatic N) is 1. The van der Waals surface area contributed by atoms with Gasteiger partial charge in [0.15, 0.2) is 0 Å². The fourth-order valence-corrected chi connectivity index (χ4v) is 3.02. The van der Waals surface area contributed by atoms with Gasteiger partial charge in [0.2, 0.25) is 0 Å². The molecule has 1 unspecified atom stereocenters. The summed E-state index contributed by atoms with van der Waals surface area (Å²) in [5.74, 6) is 0.770. The van der Waals surface area contributed by atoms with Gasteiger partial charge >= 0.3 is 6.03 Å². The molecule has 2 heterocycles. The van der Waals surface area contributed by atoms with Gasteiger partial charge in [-0.3, -0.25) is 0 Å². The van der Waals surface area contributed by atoms with Gasteiger partial charge in [-0.2, -0.15) is 0 Å². The molecule has 0 aromatic heterocycles. The number of hydrogen-bond donors (Lipinski definition) is 2. The second-order valence-electron chi connectivity index (χ2n) is 6.71. The van der Waals surface area contributed by atoms with Crippen LogP contribution in [-0.2, 0) is 0 Å². The molecule has 0 spiro atoms. The quantitative estimate of drug-likeness (QED) is 0.750. The SMILES string of the molecule is CC(C)(C)NC(=O)N1CCC(C2CCCN2)CC1. The standard InChI is InChI=1S/C14H27N3O/c1-14(2,3)16-13(18)17-9-6-11(7-10-17)12-5-4-8-15-12/h11-12,15H,4-10H2,1-3H3,(H,16,18). The molecule has 0 radical (unpaired) electrons. The third-order valence-corrected chi connectivity index (χ3v) is 3.98. The number of urea groups is 1. The van der Waals surface area contributed by atoms with Crippen LogP contribution in [0, 0.1) is 5.92 Å². The van der Waals surface area contributed by atoms with Gasteiger partial charge < -0.3 is 15.5 Å². The first-order chi connectivity index (χ1) is 8.46. The van der Waals surface area contributed by atoms with Crippen molar-refractivity contribution in [2.24, 2.45) is 5.92 Å². The Morgan fingerprint density at radius 2 is 1.89 bits per heavy atom. The van der Waals surface area contributed by atoms with Crippen molar-refractivity contribution in [3.63, 3.8) is 0 Å². The number of hydrogen-bond acceptors (Lipinski definition) is 2. The van der Waals surface area contributed by atoms with E-state index in [1.165, 1.54) is 19.4 Å². The largest absolute Gasteiger partial charge is 0.333 e. The van der Waals surface area contributed by atoms with Crippen LogP contribution in [0.15, 0.2) is 0 Å². The molecule has 4 heteroatoms. The number of likely N-dealkylation sites (tertiary alicyclic amines) is 1. The van der Waals surface area contributed by atoms with Crippen LogP contribution in [0.5, 0.6) is 0 Å². The lowest BCUT2D eigenvalue weighted by atomic mass is 9.89. The molecule has 18 heavy (non-hydrogen) atoms. The summed E-state index contributed by atoms with van der Waals surface area (Å²) in [7, 11) is 0. The molecule has 2 rings (SSSR count). The van der Waals surface area contributed by atoms with Crippen LogP contribution >= 0.6 is 0 Å². The molecule has 2 aliphatic rings. The Labute approximate surface area is 110 Å². The summed E-state index contributed by atoms with van der Waals surface area (Å²) in [4.78, 5) is 14.0. The summed E-state index contributed by atoms with van der Waals surface area (Å²) in [6.07, 6.45) is 4.93. The van der Waals surface area contributed by atoms with E-state index in [4.69, 9.17) is 0 Å². The fourth-order valence-electron chi connectivity index (χ4n) is 3.02. The highest BCUT2D eigenvalue weighted by atomic mass is 16.2. The Morgan fingerprint density at radius 3 is 2.39 bits per heavy atom. The molecule has 2 amide bonds. The van der Waals surface area contributed by atoms with E-state index >= 15 is 0 Å². The number of carbonyl (C=O) groups is 1. The van der Waals surface area contributed by atoms with Crippen LogP contribution in [0.25, 0.3) is 0 Å². The molecule has 2 saturated heterocycles. The number of carbonyl (C=O) groups excluding carboxylic acids is 1. The maximum Gasteiger partial charge on any atom is 0.317 e. The van der Waals surface area contributed by atoms with E-state index in [-0.39, 0.29) is 11.6 Å². The van der Waals surface area contributed by atoms with E-state index < -0.39 is 0 Å². The van der Waals surface area contributed by atoms with Gasteiger partial charge in [-0.1, -0.05) is 0 Å². The minimum absolute atomic E-state index is 0.0975. The van der Waals surface area contributed by atoms with E-state index in [2.05, 4.69) is 10.6 Å². The Kier molecular flexibility index (Phi) is 4.15. The van der Waals surface area contributed by atoms with Crippen LogP contribution in [0.1, 0.15) is 46.5 Å². The number of rotatable bonds is 1. The maximum absolute atomic E-state index is 12.0. The first-order valence-corrected chi connectivity index (χ1v) is 7.26. The van der Waals surface area contributed by atoms with Gasteiger partial charge in [-0.25, -0.2) is 4.79 Å². The van der Waals surface area contributed by atoms with E-state index in [1.807, 2.05) is 25.7 Å². The maximum atomic E-state index is 12.0. The summed E-state index contributed by atoms with van der Waals surface area (Å²) < 4.78 is 0. The highest BCUT2D eigenvalue weighted by molar-refractivity contribution is 5.75. The molecular formula is C14H27N3O. The van der Waals surface area contributed by atoms with Crippen molar-refractivity contribution in [1.82, 2.24) is 15.5 Å². The lowest BCUT2D eigenvalue weighted by molar-refractivity contribution is 0.153. The van der Waals surface area contributed by atoms with Gasteiger partial charge in [-0.15, -0.1) is 0 Å². The van der Waals surface area contributed by atoms with Crippen LogP contribution in [-0.4, -0.2) is 42.1 Å². The Bertz CT molecular complexity index is 284. The molecule has 0 aromatic rings. The molecule has 2 aliphatic heterocycles. The smallest absolute Gasteiger partial charge is 0.317 e. The van der Waals surface area contributed by atoms with Crippen LogP contribution in [0.4, 0.5) is 4.79 Å². The van der Waals surface area contributed by atoms with Gasteiger partial charge in [0.1, 0.15) is 0 Å². The minimum Gasteiger partial charge on any atom is -0.333 e. The average molecular weight is 253 g/mol. The number of nitrogens with one attached hydrogen (secondary N) is 2. The summed E-state index contributed by atoms with van der Waals surface area (Å²) >= 11 is 0. The van der Waals surface area contributed by atoms with Gasteiger partial charge in [0, 0.05) is 24.7 Å². The molecule has 0 saturated carbocycles. The molecule has 1 atom stereocenters. The third-order valence-electron chi connectivity index (χ3n) is 3.98. The van der Waals surface area contributed by atoms with E-state index in [1.54, 1.807) is 0 Å². The number of piperidine rings is 1. The van der Waals surface area contributed by atoms with Crippen LogP contribution < -0.4 is 10.6 Å². The predicted molar refractivity (Wildman–Crippen MR) is 73.6 cm³/mol. The molecule has 0 bridgehead atoms. The molecule has 2 fully saturated rings. The third kappa shape index (κ3) is 3.61. The fraction of sp³-hybridized carbons (Fsp3) is 0.929. The zero-order valence-corrected chi connectivity index (χ0v) is 12.0. The van der Waals surface area contributed by atoms with E-state index in [0.717, 1.165) is 31.8 Å². The summed E-state index contributed by atoms with van der Waals surface area (Å²) in [6, 6.07) is 0.804.